The average Bonchev–Trinajstić information content (AvgIpc) is 2.78. The maximum atomic E-state index is 12.5. The third-order valence-corrected chi connectivity index (χ3v) is 5.07. The van der Waals surface area contributed by atoms with Gasteiger partial charge in [0.15, 0.2) is 12.7 Å². The van der Waals surface area contributed by atoms with Crippen LogP contribution in [0.15, 0.2) is 66.7 Å². The highest BCUT2D eigenvalue weighted by Crippen LogP contribution is 2.31. The molecule has 1 atom stereocenters. The summed E-state index contributed by atoms with van der Waals surface area (Å²) in [6.45, 7) is 1.60. The molecule has 31 heavy (non-hydrogen) atoms. The van der Waals surface area contributed by atoms with E-state index in [2.05, 4.69) is 5.32 Å². The normalized spacial score (nSPS) is 13.8. The van der Waals surface area contributed by atoms with E-state index in [4.69, 9.17) is 9.47 Å². The summed E-state index contributed by atoms with van der Waals surface area (Å²) in [5, 5.41) is 4.72. The van der Waals surface area contributed by atoms with Crippen LogP contribution < -0.4 is 15.0 Å². The lowest BCUT2D eigenvalue weighted by Crippen LogP contribution is -2.40. The van der Waals surface area contributed by atoms with Gasteiger partial charge in [0, 0.05) is 17.6 Å². The lowest BCUT2D eigenvalue weighted by molar-refractivity contribution is -0.153. The number of fused-ring (bicyclic) bond motifs is 2. The fourth-order valence-electron chi connectivity index (χ4n) is 3.48. The highest BCUT2D eigenvalue weighted by Gasteiger charge is 2.26. The zero-order valence-corrected chi connectivity index (χ0v) is 17.0. The van der Waals surface area contributed by atoms with Crippen molar-refractivity contribution in [3.63, 3.8) is 0 Å². The van der Waals surface area contributed by atoms with Gasteiger partial charge < -0.3 is 19.7 Å². The van der Waals surface area contributed by atoms with Crippen LogP contribution >= 0.6 is 0 Å². The van der Waals surface area contributed by atoms with Gasteiger partial charge in [-0.1, -0.05) is 48.5 Å². The highest BCUT2D eigenvalue weighted by molar-refractivity contribution is 6.04. The Hall–Kier alpha value is -3.87. The van der Waals surface area contributed by atoms with Crippen molar-refractivity contribution in [2.75, 3.05) is 23.4 Å². The van der Waals surface area contributed by atoms with Gasteiger partial charge in [0.2, 0.25) is 0 Å². The molecule has 1 heterocycles. The zero-order chi connectivity index (χ0) is 21.8. The van der Waals surface area contributed by atoms with Crippen LogP contribution in [0.1, 0.15) is 13.3 Å². The second-order valence-electron chi connectivity index (χ2n) is 7.20. The van der Waals surface area contributed by atoms with Crippen molar-refractivity contribution >= 4 is 39.9 Å². The molecule has 0 bridgehead atoms. The van der Waals surface area contributed by atoms with E-state index in [1.807, 2.05) is 42.5 Å². The predicted molar refractivity (Wildman–Crippen MR) is 117 cm³/mol. The molecule has 2 amide bonds. The standard InChI is InChI=1S/C24H22N2O5/c1-16(24(29)25-19-10-6-8-17-7-2-3-9-18(17)19)31-23(28)13-14-26-20-11-4-5-12-21(20)30-15-22(26)27/h2-12,16H,13-15H2,1H3,(H,25,29)/t16-/m0/s1. The SMILES string of the molecule is C[C@H](OC(=O)CCN1C(=O)COc2ccccc21)C(=O)Nc1cccc2ccccc12. The first-order valence-corrected chi connectivity index (χ1v) is 10.0. The summed E-state index contributed by atoms with van der Waals surface area (Å²) in [5.74, 6) is -0.610. The summed E-state index contributed by atoms with van der Waals surface area (Å²) >= 11 is 0. The van der Waals surface area contributed by atoms with Crippen LogP contribution in [0.2, 0.25) is 0 Å². The van der Waals surface area contributed by atoms with Gasteiger partial charge in [-0.05, 0) is 30.5 Å². The summed E-state index contributed by atoms with van der Waals surface area (Å²) in [6.07, 6.45) is -1.01. The number of para-hydroxylation sites is 2. The smallest absolute Gasteiger partial charge is 0.308 e. The van der Waals surface area contributed by atoms with Crippen molar-refractivity contribution < 1.29 is 23.9 Å². The third-order valence-electron chi connectivity index (χ3n) is 5.07. The minimum absolute atomic E-state index is 0.0358. The van der Waals surface area contributed by atoms with Gasteiger partial charge in [-0.25, -0.2) is 0 Å². The molecule has 0 saturated carbocycles. The maximum absolute atomic E-state index is 12.5. The first-order chi connectivity index (χ1) is 15.0. The minimum atomic E-state index is -0.973. The molecule has 4 rings (SSSR count). The van der Waals surface area contributed by atoms with E-state index in [0.29, 0.717) is 17.1 Å². The molecule has 1 aliphatic rings. The Labute approximate surface area is 179 Å². The number of rotatable bonds is 6. The van der Waals surface area contributed by atoms with E-state index in [9.17, 15) is 14.4 Å². The molecule has 0 unspecified atom stereocenters. The van der Waals surface area contributed by atoms with Crippen LogP contribution in [0.3, 0.4) is 0 Å². The Balaban J connectivity index is 1.34. The Bertz CT molecular complexity index is 1140. The van der Waals surface area contributed by atoms with Gasteiger partial charge in [0.05, 0.1) is 12.1 Å². The molecule has 0 fully saturated rings. The second kappa shape index (κ2) is 8.87. The van der Waals surface area contributed by atoms with Gasteiger partial charge in [0.25, 0.3) is 11.8 Å². The molecule has 3 aromatic rings. The molecule has 0 radical (unpaired) electrons. The summed E-state index contributed by atoms with van der Waals surface area (Å²) < 4.78 is 10.7. The molecule has 7 nitrogen and oxygen atoms in total. The Kier molecular flexibility index (Phi) is 5.84. The molecule has 1 aliphatic heterocycles. The lowest BCUT2D eigenvalue weighted by atomic mass is 10.1. The summed E-state index contributed by atoms with van der Waals surface area (Å²) in [7, 11) is 0. The largest absolute Gasteiger partial charge is 0.482 e. The van der Waals surface area contributed by atoms with Crippen molar-refractivity contribution in [2.24, 2.45) is 0 Å². The molecule has 0 spiro atoms. The number of carbonyl (C=O) groups is 3. The number of esters is 1. The predicted octanol–water partition coefficient (Wildman–Crippen LogP) is 3.53. The lowest BCUT2D eigenvalue weighted by Gasteiger charge is -2.29. The van der Waals surface area contributed by atoms with Gasteiger partial charge in [-0.3, -0.25) is 14.4 Å². The number of amides is 2. The first kappa shape index (κ1) is 20.4. The van der Waals surface area contributed by atoms with Gasteiger partial charge >= 0.3 is 5.97 Å². The Morgan fingerprint density at radius 1 is 1.06 bits per heavy atom. The summed E-state index contributed by atoms with van der Waals surface area (Å²) in [4.78, 5) is 38.6. The van der Waals surface area contributed by atoms with Crippen molar-refractivity contribution in [1.82, 2.24) is 0 Å². The van der Waals surface area contributed by atoms with Crippen molar-refractivity contribution in [3.8, 4) is 5.75 Å². The molecule has 7 heteroatoms. The third kappa shape index (κ3) is 4.50. The van der Waals surface area contributed by atoms with E-state index in [1.165, 1.54) is 11.8 Å². The molecule has 3 aromatic carbocycles. The Morgan fingerprint density at radius 3 is 2.68 bits per heavy atom. The number of anilines is 2. The number of hydrogen-bond acceptors (Lipinski definition) is 5. The Morgan fingerprint density at radius 2 is 1.81 bits per heavy atom. The van der Waals surface area contributed by atoms with E-state index in [-0.39, 0.29) is 25.5 Å². The van der Waals surface area contributed by atoms with E-state index >= 15 is 0 Å². The van der Waals surface area contributed by atoms with Crippen molar-refractivity contribution in [2.45, 2.75) is 19.4 Å². The fraction of sp³-hybridized carbons (Fsp3) is 0.208. The number of nitrogens with one attached hydrogen (secondary N) is 1. The molecule has 158 valence electrons. The molecule has 1 N–H and O–H groups in total. The van der Waals surface area contributed by atoms with Crippen LogP contribution in [-0.4, -0.2) is 37.0 Å². The molecule has 0 aliphatic carbocycles. The van der Waals surface area contributed by atoms with Gasteiger partial charge in [-0.2, -0.15) is 0 Å². The number of nitrogens with zero attached hydrogens (tertiary/aromatic N) is 1. The molecular formula is C24H22N2O5. The van der Waals surface area contributed by atoms with Crippen molar-refractivity contribution in [1.29, 1.82) is 0 Å². The van der Waals surface area contributed by atoms with E-state index in [0.717, 1.165) is 10.8 Å². The number of carbonyl (C=O) groups excluding carboxylic acids is 3. The summed E-state index contributed by atoms with van der Waals surface area (Å²) in [6, 6.07) is 20.5. The van der Waals surface area contributed by atoms with Crippen LogP contribution in [0.5, 0.6) is 5.75 Å². The highest BCUT2D eigenvalue weighted by atomic mass is 16.5. The summed E-state index contributed by atoms with van der Waals surface area (Å²) in [5.41, 5.74) is 1.27. The van der Waals surface area contributed by atoms with E-state index in [1.54, 1.807) is 24.3 Å². The second-order valence-corrected chi connectivity index (χ2v) is 7.20. The monoisotopic (exact) mass is 418 g/mol. The maximum Gasteiger partial charge on any atom is 0.308 e. The number of benzene rings is 3. The van der Waals surface area contributed by atoms with Crippen molar-refractivity contribution in [3.05, 3.63) is 66.7 Å². The molecule has 0 saturated heterocycles. The number of hydrogen-bond donors (Lipinski definition) is 1. The van der Waals surface area contributed by atoms with E-state index < -0.39 is 18.0 Å². The quantitative estimate of drug-likeness (QED) is 0.619. The minimum Gasteiger partial charge on any atom is -0.482 e. The van der Waals surface area contributed by atoms with Gasteiger partial charge in [0.1, 0.15) is 5.75 Å². The topological polar surface area (TPSA) is 84.9 Å². The number of ether oxygens (including phenoxy) is 2. The van der Waals surface area contributed by atoms with Crippen LogP contribution in [0.4, 0.5) is 11.4 Å². The molecule has 0 aromatic heterocycles. The zero-order valence-electron chi connectivity index (χ0n) is 17.0. The molecular weight excluding hydrogens is 396 g/mol. The first-order valence-electron chi connectivity index (χ1n) is 10.0. The average molecular weight is 418 g/mol. The van der Waals surface area contributed by atoms with Crippen LogP contribution in [-0.2, 0) is 19.1 Å². The van der Waals surface area contributed by atoms with Crippen LogP contribution in [0, 0.1) is 0 Å². The van der Waals surface area contributed by atoms with Gasteiger partial charge in [-0.15, -0.1) is 0 Å². The fourth-order valence-corrected chi connectivity index (χ4v) is 3.48. The van der Waals surface area contributed by atoms with Crippen LogP contribution in [0.25, 0.3) is 10.8 Å².